The highest BCUT2D eigenvalue weighted by Crippen LogP contribution is 2.60. The lowest BCUT2D eigenvalue weighted by Crippen LogP contribution is -2.57. The van der Waals surface area contributed by atoms with E-state index in [0.717, 1.165) is 37.0 Å². The molecule has 0 radical (unpaired) electrons. The van der Waals surface area contributed by atoms with E-state index < -0.39 is 0 Å². The Bertz CT molecular complexity index is 595. The molecule has 0 unspecified atom stereocenters. The van der Waals surface area contributed by atoms with Gasteiger partial charge in [-0.1, -0.05) is 25.5 Å². The molecule has 2 atom stereocenters. The van der Waals surface area contributed by atoms with Crippen LogP contribution in [0.1, 0.15) is 66.2 Å². The summed E-state index contributed by atoms with van der Waals surface area (Å²) in [7, 11) is 0. The second kappa shape index (κ2) is 5.59. The van der Waals surface area contributed by atoms with E-state index in [1.54, 1.807) is 0 Å². The van der Waals surface area contributed by atoms with Crippen LogP contribution >= 0.6 is 0 Å². The van der Waals surface area contributed by atoms with Gasteiger partial charge in [-0.25, -0.2) is 0 Å². The van der Waals surface area contributed by atoms with E-state index in [0.29, 0.717) is 0 Å². The zero-order valence-electron chi connectivity index (χ0n) is 16.0. The first-order valence-electron chi connectivity index (χ1n) is 9.96. The van der Waals surface area contributed by atoms with Crippen molar-refractivity contribution in [1.82, 2.24) is 10.9 Å². The number of carbonyl (C=O) groups is 2. The van der Waals surface area contributed by atoms with Crippen molar-refractivity contribution in [1.29, 1.82) is 0 Å². The Morgan fingerprint density at radius 3 is 1.92 bits per heavy atom. The van der Waals surface area contributed by atoms with E-state index in [1.807, 2.05) is 0 Å². The van der Waals surface area contributed by atoms with Crippen LogP contribution < -0.4 is 10.9 Å². The minimum Gasteiger partial charge on any atom is -0.273 e. The summed E-state index contributed by atoms with van der Waals surface area (Å²) in [5, 5.41) is 0. The minimum absolute atomic E-state index is 0.0211. The number of hydrogen-bond acceptors (Lipinski definition) is 2. The van der Waals surface area contributed by atoms with Crippen LogP contribution in [0.3, 0.4) is 0 Å². The molecule has 4 nitrogen and oxygen atoms in total. The van der Waals surface area contributed by atoms with E-state index in [1.165, 1.54) is 24.8 Å². The molecule has 0 saturated heterocycles. The third-order valence-electron chi connectivity index (χ3n) is 7.53. The summed E-state index contributed by atoms with van der Waals surface area (Å²) in [5.41, 5.74) is 6.59. The molecule has 4 heteroatoms. The monoisotopic (exact) mass is 344 g/mol. The SMILES string of the molecule is CC(C)=C[C@H]1[C@@H](C(=O)NNC(=O)C23CC4CC(CC(C4)C2)C3)C1(C)C. The molecule has 5 saturated carbocycles. The first-order chi connectivity index (χ1) is 11.7. The molecule has 0 aromatic heterocycles. The fraction of sp³-hybridized carbons (Fsp3) is 0.810. The molecule has 0 aromatic carbocycles. The van der Waals surface area contributed by atoms with E-state index in [4.69, 9.17) is 0 Å². The summed E-state index contributed by atoms with van der Waals surface area (Å²) in [6, 6.07) is 0. The predicted molar refractivity (Wildman–Crippen MR) is 97.1 cm³/mol. The summed E-state index contributed by atoms with van der Waals surface area (Å²) >= 11 is 0. The fourth-order valence-electron chi connectivity index (χ4n) is 6.57. The van der Waals surface area contributed by atoms with Crippen LogP contribution in [0.25, 0.3) is 0 Å². The predicted octanol–water partition coefficient (Wildman–Crippen LogP) is 3.59. The number of nitrogens with one attached hydrogen (secondary N) is 2. The second-order valence-electron chi connectivity index (χ2n) is 10.2. The first-order valence-corrected chi connectivity index (χ1v) is 9.96. The third-order valence-corrected chi connectivity index (χ3v) is 7.53. The molecular formula is C21H32N2O2. The van der Waals surface area contributed by atoms with Gasteiger partial charge in [-0.3, -0.25) is 20.4 Å². The molecule has 2 N–H and O–H groups in total. The maximum Gasteiger partial charge on any atom is 0.244 e. The lowest BCUT2D eigenvalue weighted by Gasteiger charge is -2.55. The Hall–Kier alpha value is -1.32. The van der Waals surface area contributed by atoms with Gasteiger partial charge in [0.1, 0.15) is 0 Å². The van der Waals surface area contributed by atoms with Crippen LogP contribution in [0.15, 0.2) is 11.6 Å². The summed E-state index contributed by atoms with van der Waals surface area (Å²) in [6.45, 7) is 8.39. The number of rotatable bonds is 3. The number of hydrogen-bond donors (Lipinski definition) is 2. The fourth-order valence-corrected chi connectivity index (χ4v) is 6.57. The van der Waals surface area contributed by atoms with Crippen LogP contribution in [0.5, 0.6) is 0 Å². The molecule has 138 valence electrons. The van der Waals surface area contributed by atoms with E-state index in [-0.39, 0.29) is 34.5 Å². The lowest BCUT2D eigenvalue weighted by atomic mass is 9.49. The standard InChI is InChI=1S/C21H32N2O2/c1-12(2)5-16-17(20(16,3)4)18(24)22-23-19(25)21-9-13-6-14(10-21)8-15(7-13)11-21/h5,13-17H,6-11H2,1-4H3,(H,22,24)(H,23,25)/t13?,14?,15?,16-,17-,21?/m0/s1. The number of hydrazine groups is 1. The van der Waals surface area contributed by atoms with Crippen molar-refractivity contribution in [2.45, 2.75) is 66.2 Å². The summed E-state index contributed by atoms with van der Waals surface area (Å²) in [5.74, 6) is 2.46. The minimum atomic E-state index is -0.208. The average Bonchev–Trinajstić information content (AvgIpc) is 3.03. The Morgan fingerprint density at radius 2 is 1.44 bits per heavy atom. The van der Waals surface area contributed by atoms with E-state index >= 15 is 0 Å². The summed E-state index contributed by atoms with van der Waals surface area (Å²) < 4.78 is 0. The lowest BCUT2D eigenvalue weighted by molar-refractivity contribution is -0.149. The van der Waals surface area contributed by atoms with Crippen LogP contribution in [0.2, 0.25) is 0 Å². The highest BCUT2D eigenvalue weighted by molar-refractivity contribution is 5.88. The largest absolute Gasteiger partial charge is 0.273 e. The molecule has 0 aromatic rings. The van der Waals surface area contributed by atoms with Crippen LogP contribution in [-0.4, -0.2) is 11.8 Å². The van der Waals surface area contributed by atoms with Crippen LogP contribution in [-0.2, 0) is 9.59 Å². The number of allylic oxidation sites excluding steroid dienone is 2. The third kappa shape index (κ3) is 2.82. The van der Waals surface area contributed by atoms with Crippen molar-refractivity contribution in [3.63, 3.8) is 0 Å². The average molecular weight is 344 g/mol. The van der Waals surface area contributed by atoms with Crippen molar-refractivity contribution in [3.05, 3.63) is 11.6 Å². The molecule has 5 fully saturated rings. The Labute approximate surface area is 151 Å². The molecular weight excluding hydrogens is 312 g/mol. The van der Waals surface area contributed by atoms with Gasteiger partial charge in [0.25, 0.3) is 0 Å². The maximum atomic E-state index is 12.9. The molecule has 2 amide bonds. The van der Waals surface area contributed by atoms with Gasteiger partial charge >= 0.3 is 0 Å². The van der Waals surface area contributed by atoms with Crippen LogP contribution in [0, 0.1) is 40.4 Å². The van der Waals surface area contributed by atoms with Crippen molar-refractivity contribution >= 4 is 11.8 Å². The topological polar surface area (TPSA) is 58.2 Å². The van der Waals surface area contributed by atoms with Crippen LogP contribution in [0.4, 0.5) is 0 Å². The van der Waals surface area contributed by atoms with Crippen molar-refractivity contribution in [2.24, 2.45) is 40.4 Å². The Kier molecular flexibility index (Phi) is 3.82. The first kappa shape index (κ1) is 17.1. The highest BCUT2D eigenvalue weighted by atomic mass is 16.2. The maximum absolute atomic E-state index is 12.9. The van der Waals surface area contributed by atoms with Gasteiger partial charge in [0, 0.05) is 0 Å². The molecule has 4 bridgehead atoms. The number of carbonyl (C=O) groups excluding carboxylic acids is 2. The molecule has 0 aliphatic heterocycles. The quantitative estimate of drug-likeness (QED) is 0.607. The molecule has 5 aliphatic rings. The Balaban J connectivity index is 1.37. The van der Waals surface area contributed by atoms with Gasteiger partial charge in [0.05, 0.1) is 11.3 Å². The zero-order chi connectivity index (χ0) is 18.0. The smallest absolute Gasteiger partial charge is 0.244 e. The van der Waals surface area contributed by atoms with Crippen molar-refractivity contribution in [3.8, 4) is 0 Å². The van der Waals surface area contributed by atoms with Crippen molar-refractivity contribution in [2.75, 3.05) is 0 Å². The van der Waals surface area contributed by atoms with Crippen molar-refractivity contribution < 1.29 is 9.59 Å². The molecule has 5 rings (SSSR count). The zero-order valence-corrected chi connectivity index (χ0v) is 16.0. The molecule has 5 aliphatic carbocycles. The van der Waals surface area contributed by atoms with Gasteiger partial charge < -0.3 is 0 Å². The molecule has 25 heavy (non-hydrogen) atoms. The van der Waals surface area contributed by atoms with E-state index in [2.05, 4.69) is 44.6 Å². The normalized spacial score (nSPS) is 42.6. The summed E-state index contributed by atoms with van der Waals surface area (Å²) in [6.07, 6.45) is 9.21. The van der Waals surface area contributed by atoms with Gasteiger partial charge in [-0.05, 0) is 81.5 Å². The Morgan fingerprint density at radius 1 is 0.920 bits per heavy atom. The molecule has 0 spiro atoms. The highest BCUT2D eigenvalue weighted by Gasteiger charge is 2.60. The number of amides is 2. The molecule has 0 heterocycles. The van der Waals surface area contributed by atoms with Gasteiger partial charge in [-0.2, -0.15) is 0 Å². The van der Waals surface area contributed by atoms with Gasteiger partial charge in [-0.15, -0.1) is 0 Å². The van der Waals surface area contributed by atoms with Gasteiger partial charge in [0.2, 0.25) is 11.8 Å². The summed E-state index contributed by atoms with van der Waals surface area (Å²) in [4.78, 5) is 25.5. The second-order valence-corrected chi connectivity index (χ2v) is 10.2. The van der Waals surface area contributed by atoms with E-state index in [9.17, 15) is 9.59 Å². The van der Waals surface area contributed by atoms with Gasteiger partial charge in [0.15, 0.2) is 0 Å².